The highest BCUT2D eigenvalue weighted by molar-refractivity contribution is 6.30. The maximum atomic E-state index is 6.04. The van der Waals surface area contributed by atoms with Crippen LogP contribution in [0.1, 0.15) is 30.0 Å². The molecule has 0 spiro atoms. The number of aromatic nitrogens is 2. The van der Waals surface area contributed by atoms with Gasteiger partial charge in [0.1, 0.15) is 5.75 Å². The van der Waals surface area contributed by atoms with Crippen LogP contribution in [0.5, 0.6) is 5.75 Å². The second kappa shape index (κ2) is 8.15. The van der Waals surface area contributed by atoms with Gasteiger partial charge in [-0.15, -0.1) is 0 Å². The van der Waals surface area contributed by atoms with Gasteiger partial charge in [0.15, 0.2) is 0 Å². The predicted octanol–water partition coefficient (Wildman–Crippen LogP) is 5.12. The minimum absolute atomic E-state index is 0.456. The fourth-order valence-corrected chi connectivity index (χ4v) is 4.06. The van der Waals surface area contributed by atoms with Crippen LogP contribution < -0.4 is 4.74 Å². The lowest BCUT2D eigenvalue weighted by Gasteiger charge is -2.32. The van der Waals surface area contributed by atoms with Crippen molar-refractivity contribution in [1.82, 2.24) is 15.1 Å². The van der Waals surface area contributed by atoms with Gasteiger partial charge in [0.25, 0.3) is 0 Å². The van der Waals surface area contributed by atoms with E-state index in [0.29, 0.717) is 5.92 Å². The molecule has 3 aromatic rings. The number of H-pyrrole nitrogens is 1. The van der Waals surface area contributed by atoms with Gasteiger partial charge in [0.2, 0.25) is 0 Å². The fraction of sp³-hybridized carbons (Fsp3) is 0.318. The minimum atomic E-state index is 0.456. The zero-order valence-corrected chi connectivity index (χ0v) is 16.2. The van der Waals surface area contributed by atoms with Crippen molar-refractivity contribution in [2.45, 2.75) is 25.3 Å². The largest absolute Gasteiger partial charge is 0.497 e. The standard InChI is InChI=1S/C22H24ClN3O/c1-27-20-6-2-4-16(12-20)14-26-11-3-5-18(15-26)22-21(13-24-25-22)17-7-9-19(23)10-8-17/h2,4,6-10,12-13,18H,3,5,11,14-15H2,1H3,(H,24,25)/t18-/m1/s1. The summed E-state index contributed by atoms with van der Waals surface area (Å²) in [6.07, 6.45) is 4.30. The van der Waals surface area contributed by atoms with Gasteiger partial charge >= 0.3 is 0 Å². The third-order valence-corrected chi connectivity index (χ3v) is 5.53. The average Bonchev–Trinajstić information content (AvgIpc) is 3.19. The first-order valence-electron chi connectivity index (χ1n) is 9.37. The lowest BCUT2D eigenvalue weighted by molar-refractivity contribution is 0.198. The maximum Gasteiger partial charge on any atom is 0.119 e. The molecule has 5 heteroatoms. The smallest absolute Gasteiger partial charge is 0.119 e. The average molecular weight is 382 g/mol. The van der Waals surface area contributed by atoms with E-state index in [-0.39, 0.29) is 0 Å². The lowest BCUT2D eigenvalue weighted by atomic mass is 9.90. The van der Waals surface area contributed by atoms with Gasteiger partial charge in [-0.05, 0) is 54.8 Å². The van der Waals surface area contributed by atoms with E-state index in [1.807, 2.05) is 24.4 Å². The molecule has 0 bridgehead atoms. The van der Waals surface area contributed by atoms with Crippen LogP contribution in [0.15, 0.2) is 54.7 Å². The van der Waals surface area contributed by atoms with E-state index in [4.69, 9.17) is 16.3 Å². The summed E-state index contributed by atoms with van der Waals surface area (Å²) in [4.78, 5) is 2.52. The molecule has 1 atom stereocenters. The Labute approximate surface area is 165 Å². The number of rotatable bonds is 5. The van der Waals surface area contributed by atoms with Gasteiger partial charge in [-0.2, -0.15) is 5.10 Å². The topological polar surface area (TPSA) is 41.1 Å². The van der Waals surface area contributed by atoms with Gasteiger partial charge in [-0.3, -0.25) is 10.00 Å². The second-order valence-corrected chi connectivity index (χ2v) is 7.57. The molecule has 0 amide bonds. The molecule has 1 aliphatic rings. The molecule has 1 aromatic heterocycles. The number of likely N-dealkylation sites (tertiary alicyclic amines) is 1. The molecule has 2 heterocycles. The molecule has 4 nitrogen and oxygen atoms in total. The summed E-state index contributed by atoms with van der Waals surface area (Å²) in [7, 11) is 1.71. The number of hydrogen-bond acceptors (Lipinski definition) is 3. The SMILES string of the molecule is COc1cccc(CN2CCC[C@@H](c3[nH]ncc3-c3ccc(Cl)cc3)C2)c1. The van der Waals surface area contributed by atoms with E-state index in [0.717, 1.165) is 36.0 Å². The highest BCUT2D eigenvalue weighted by atomic mass is 35.5. The first-order chi connectivity index (χ1) is 13.2. The van der Waals surface area contributed by atoms with Crippen molar-refractivity contribution in [1.29, 1.82) is 0 Å². The Morgan fingerprint density at radius 2 is 2.07 bits per heavy atom. The van der Waals surface area contributed by atoms with Gasteiger partial charge in [0.05, 0.1) is 13.3 Å². The van der Waals surface area contributed by atoms with E-state index in [2.05, 4.69) is 45.4 Å². The Morgan fingerprint density at radius 1 is 1.22 bits per heavy atom. The van der Waals surface area contributed by atoms with Crippen molar-refractivity contribution in [3.05, 3.63) is 71.0 Å². The number of methoxy groups -OCH3 is 1. The number of ether oxygens (including phenoxy) is 1. The summed E-state index contributed by atoms with van der Waals surface area (Å²) < 4.78 is 5.36. The summed E-state index contributed by atoms with van der Waals surface area (Å²) in [5.74, 6) is 1.37. The summed E-state index contributed by atoms with van der Waals surface area (Å²) in [6, 6.07) is 16.3. The van der Waals surface area contributed by atoms with Crippen molar-refractivity contribution in [2.75, 3.05) is 20.2 Å². The number of hydrogen-bond donors (Lipinski definition) is 1. The molecule has 1 fully saturated rings. The van der Waals surface area contributed by atoms with Gasteiger partial charge in [0, 0.05) is 35.3 Å². The molecule has 0 saturated carbocycles. The normalized spacial score (nSPS) is 17.8. The zero-order chi connectivity index (χ0) is 18.6. The molecule has 0 aliphatic carbocycles. The number of nitrogens with one attached hydrogen (secondary N) is 1. The summed E-state index contributed by atoms with van der Waals surface area (Å²) in [5, 5.41) is 8.35. The maximum absolute atomic E-state index is 6.04. The monoisotopic (exact) mass is 381 g/mol. The molecule has 1 N–H and O–H groups in total. The number of halogens is 1. The summed E-state index contributed by atoms with van der Waals surface area (Å²) in [6.45, 7) is 3.09. The first kappa shape index (κ1) is 18.1. The predicted molar refractivity (Wildman–Crippen MR) is 109 cm³/mol. The lowest BCUT2D eigenvalue weighted by Crippen LogP contribution is -2.34. The van der Waals surface area contributed by atoms with Gasteiger partial charge < -0.3 is 4.74 Å². The van der Waals surface area contributed by atoms with Gasteiger partial charge in [-0.25, -0.2) is 0 Å². The van der Waals surface area contributed by atoms with Crippen molar-refractivity contribution in [2.24, 2.45) is 0 Å². The van der Waals surface area contributed by atoms with Crippen LogP contribution in [-0.2, 0) is 6.54 Å². The van der Waals surface area contributed by atoms with E-state index < -0.39 is 0 Å². The molecule has 27 heavy (non-hydrogen) atoms. The molecule has 2 aromatic carbocycles. The number of piperidine rings is 1. The third-order valence-electron chi connectivity index (χ3n) is 5.28. The highest BCUT2D eigenvalue weighted by Crippen LogP contribution is 2.34. The van der Waals surface area contributed by atoms with Gasteiger partial charge in [-0.1, -0.05) is 35.9 Å². The van der Waals surface area contributed by atoms with E-state index in [1.54, 1.807) is 7.11 Å². The van der Waals surface area contributed by atoms with Crippen LogP contribution in [-0.4, -0.2) is 35.3 Å². The van der Waals surface area contributed by atoms with E-state index >= 15 is 0 Å². The second-order valence-electron chi connectivity index (χ2n) is 7.13. The van der Waals surface area contributed by atoms with Crippen molar-refractivity contribution in [3.63, 3.8) is 0 Å². The minimum Gasteiger partial charge on any atom is -0.497 e. The number of benzene rings is 2. The van der Waals surface area contributed by atoms with Crippen molar-refractivity contribution in [3.8, 4) is 16.9 Å². The van der Waals surface area contributed by atoms with E-state index in [1.165, 1.54) is 29.7 Å². The molecule has 0 unspecified atom stereocenters. The van der Waals surface area contributed by atoms with Crippen LogP contribution in [0.3, 0.4) is 0 Å². The Morgan fingerprint density at radius 3 is 2.89 bits per heavy atom. The third kappa shape index (κ3) is 4.18. The van der Waals surface area contributed by atoms with Crippen LogP contribution in [0.4, 0.5) is 0 Å². The highest BCUT2D eigenvalue weighted by Gasteiger charge is 2.25. The molecular weight excluding hydrogens is 358 g/mol. The molecular formula is C22H24ClN3O. The quantitative estimate of drug-likeness (QED) is 0.667. The van der Waals surface area contributed by atoms with Crippen LogP contribution in [0.25, 0.3) is 11.1 Å². The van der Waals surface area contributed by atoms with Crippen molar-refractivity contribution < 1.29 is 4.74 Å². The van der Waals surface area contributed by atoms with Crippen molar-refractivity contribution >= 4 is 11.6 Å². The molecule has 1 aliphatic heterocycles. The molecule has 140 valence electrons. The molecule has 4 rings (SSSR count). The molecule has 1 saturated heterocycles. The Kier molecular flexibility index (Phi) is 5.46. The first-order valence-corrected chi connectivity index (χ1v) is 9.75. The fourth-order valence-electron chi connectivity index (χ4n) is 3.93. The zero-order valence-electron chi connectivity index (χ0n) is 15.5. The Hall–Kier alpha value is -2.30. The van der Waals surface area contributed by atoms with Crippen LogP contribution in [0.2, 0.25) is 5.02 Å². The van der Waals surface area contributed by atoms with Crippen LogP contribution in [0, 0.1) is 0 Å². The number of nitrogens with zero attached hydrogens (tertiary/aromatic N) is 2. The Bertz CT molecular complexity index is 891. The Balaban J connectivity index is 1.50. The summed E-state index contributed by atoms with van der Waals surface area (Å²) >= 11 is 6.04. The summed E-state index contributed by atoms with van der Waals surface area (Å²) in [5.41, 5.74) is 4.86. The molecule has 0 radical (unpaired) electrons. The van der Waals surface area contributed by atoms with Crippen LogP contribution >= 0.6 is 11.6 Å². The van der Waals surface area contributed by atoms with E-state index in [9.17, 15) is 0 Å². The number of aromatic amines is 1.